The number of aromatic nitrogens is 1. The van der Waals surface area contributed by atoms with Gasteiger partial charge >= 0.3 is 7.12 Å². The molecule has 1 aliphatic carbocycles. The molecular formula is C27H33BN2O6S. The molecule has 0 unspecified atom stereocenters. The van der Waals surface area contributed by atoms with Crippen LogP contribution in [-0.2, 0) is 21.1 Å². The van der Waals surface area contributed by atoms with Crippen molar-refractivity contribution in [1.82, 2.24) is 10.3 Å². The third kappa shape index (κ3) is 8.41. The summed E-state index contributed by atoms with van der Waals surface area (Å²) in [5, 5.41) is 22.2. The fourth-order valence-electron chi connectivity index (χ4n) is 4.01. The number of carbonyl (C=O) groups excluding carboxylic acids is 1. The summed E-state index contributed by atoms with van der Waals surface area (Å²) in [6.45, 7) is 0. The molecule has 1 aromatic heterocycles. The van der Waals surface area contributed by atoms with Crippen LogP contribution < -0.4 is 10.1 Å². The number of pyridine rings is 1. The quantitative estimate of drug-likeness (QED) is 0.310. The maximum Gasteiger partial charge on any atom is 0.475 e. The average molecular weight is 524 g/mol. The first-order valence-electron chi connectivity index (χ1n) is 11.9. The van der Waals surface area contributed by atoms with Gasteiger partial charge in [0.15, 0.2) is 9.84 Å². The van der Waals surface area contributed by atoms with Gasteiger partial charge in [-0.3, -0.25) is 9.78 Å². The molecule has 4 rings (SSSR count). The minimum Gasteiger partial charge on any atom is -0.457 e. The third-order valence-corrected chi connectivity index (χ3v) is 7.99. The number of nitrogens with one attached hydrogen (secondary N) is 1. The number of sulfone groups is 1. The number of carbonyl (C=O) groups is 1. The van der Waals surface area contributed by atoms with Gasteiger partial charge in [-0.15, -0.1) is 0 Å². The molecule has 0 radical (unpaired) electrons. The van der Waals surface area contributed by atoms with E-state index in [1.807, 2.05) is 30.3 Å². The number of ether oxygens (including phenoxy) is 1. The first-order chi connectivity index (χ1) is 17.3. The zero-order valence-corrected chi connectivity index (χ0v) is 20.5. The lowest BCUT2D eigenvalue weighted by Gasteiger charge is -2.22. The molecule has 3 N–H and O–H groups in total. The van der Waals surface area contributed by atoms with Crippen molar-refractivity contribution in [3.8, 4) is 11.5 Å². The van der Waals surface area contributed by atoms with Gasteiger partial charge in [0.05, 0.1) is 22.5 Å². The lowest BCUT2D eigenvalue weighted by Crippen LogP contribution is -2.50. The van der Waals surface area contributed by atoms with E-state index in [0.717, 1.165) is 18.4 Å². The van der Waals surface area contributed by atoms with Crippen molar-refractivity contribution >= 4 is 22.9 Å². The van der Waals surface area contributed by atoms with E-state index in [9.17, 15) is 23.3 Å². The van der Waals surface area contributed by atoms with Crippen molar-refractivity contribution in [2.24, 2.45) is 11.8 Å². The van der Waals surface area contributed by atoms with Gasteiger partial charge in [-0.25, -0.2) is 8.42 Å². The molecule has 196 valence electrons. The third-order valence-electron chi connectivity index (χ3n) is 6.16. The van der Waals surface area contributed by atoms with Gasteiger partial charge in [0.1, 0.15) is 11.5 Å². The number of hydrogen-bond acceptors (Lipinski definition) is 7. The fraction of sp³-hybridized carbons (Fsp3) is 0.333. The van der Waals surface area contributed by atoms with Crippen LogP contribution in [0.2, 0.25) is 0 Å². The van der Waals surface area contributed by atoms with Crippen LogP contribution in [0, 0.1) is 11.8 Å². The molecule has 0 spiro atoms. The summed E-state index contributed by atoms with van der Waals surface area (Å²) >= 11 is 0. The summed E-state index contributed by atoms with van der Waals surface area (Å²) < 4.78 is 32.3. The van der Waals surface area contributed by atoms with E-state index in [-0.39, 0.29) is 18.7 Å². The zero-order chi connectivity index (χ0) is 25.5. The lowest BCUT2D eigenvalue weighted by atomic mass is 9.76. The van der Waals surface area contributed by atoms with Gasteiger partial charge < -0.3 is 20.1 Å². The van der Waals surface area contributed by atoms with Crippen molar-refractivity contribution in [2.45, 2.75) is 43.9 Å². The Bertz CT molecular complexity index is 1240. The Morgan fingerprint density at radius 2 is 1.62 bits per heavy atom. The number of amides is 1. The number of nitrogens with zero attached hydrogens (tertiary/aromatic N) is 1. The van der Waals surface area contributed by atoms with E-state index in [1.165, 1.54) is 12.1 Å². The Hall–Kier alpha value is -3.21. The Balaban J connectivity index is 0.00000380. The molecule has 0 aliphatic heterocycles. The van der Waals surface area contributed by atoms with Crippen molar-refractivity contribution in [3.05, 3.63) is 84.7 Å². The van der Waals surface area contributed by atoms with Crippen molar-refractivity contribution in [2.75, 3.05) is 5.75 Å². The highest BCUT2D eigenvalue weighted by atomic mass is 32.2. The van der Waals surface area contributed by atoms with E-state index >= 15 is 0 Å². The normalized spacial score (nSPS) is 14.6. The summed E-state index contributed by atoms with van der Waals surface area (Å²) in [5.41, 5.74) is 0.817. The maximum atomic E-state index is 13.3. The van der Waals surface area contributed by atoms with E-state index in [4.69, 9.17) is 4.74 Å². The molecule has 10 heteroatoms. The second kappa shape index (κ2) is 12.8. The molecule has 1 amide bonds. The van der Waals surface area contributed by atoms with Crippen LogP contribution in [0.25, 0.3) is 0 Å². The minimum atomic E-state index is -3.83. The highest BCUT2D eigenvalue weighted by Crippen LogP contribution is 2.34. The Morgan fingerprint density at radius 1 is 1.00 bits per heavy atom. The van der Waals surface area contributed by atoms with Crippen LogP contribution in [0.5, 0.6) is 11.5 Å². The molecule has 1 fully saturated rings. The van der Waals surface area contributed by atoms with E-state index in [2.05, 4.69) is 10.3 Å². The van der Waals surface area contributed by atoms with E-state index in [1.54, 1.807) is 36.7 Å². The van der Waals surface area contributed by atoms with Crippen LogP contribution in [0.15, 0.2) is 84.0 Å². The molecular weight excluding hydrogens is 491 g/mol. The lowest BCUT2D eigenvalue weighted by molar-refractivity contribution is -0.124. The molecule has 1 saturated carbocycles. The molecule has 1 aliphatic rings. The first-order valence-corrected chi connectivity index (χ1v) is 13.6. The van der Waals surface area contributed by atoms with Crippen LogP contribution in [0.1, 0.15) is 32.3 Å². The van der Waals surface area contributed by atoms with Gasteiger partial charge in [0.2, 0.25) is 5.91 Å². The highest BCUT2D eigenvalue weighted by Gasteiger charge is 2.35. The molecule has 1 heterocycles. The van der Waals surface area contributed by atoms with Gasteiger partial charge in [0.25, 0.3) is 0 Å². The summed E-state index contributed by atoms with van der Waals surface area (Å²) in [6, 6.07) is 18.6. The molecule has 0 saturated heterocycles. The second-order valence-corrected chi connectivity index (χ2v) is 11.2. The Kier molecular flexibility index (Phi) is 9.85. The number of hydrogen-bond donors (Lipinski definition) is 3. The van der Waals surface area contributed by atoms with Gasteiger partial charge in [-0.1, -0.05) is 50.6 Å². The average Bonchev–Trinajstić information content (AvgIpc) is 3.69. The summed E-state index contributed by atoms with van der Waals surface area (Å²) in [7, 11) is -5.54. The maximum absolute atomic E-state index is 13.3. The topological polar surface area (TPSA) is 126 Å². The molecule has 37 heavy (non-hydrogen) atoms. The van der Waals surface area contributed by atoms with E-state index < -0.39 is 40.5 Å². The molecule has 2 atom stereocenters. The summed E-state index contributed by atoms with van der Waals surface area (Å²) in [4.78, 5) is 17.2. The largest absolute Gasteiger partial charge is 0.475 e. The van der Waals surface area contributed by atoms with Crippen LogP contribution in [0.4, 0.5) is 0 Å². The summed E-state index contributed by atoms with van der Waals surface area (Å²) in [5.74, 6) is -1.29. The monoisotopic (exact) mass is 524 g/mol. The first kappa shape index (κ1) is 28.4. The number of rotatable bonds is 12. The van der Waals surface area contributed by atoms with Crippen LogP contribution in [0.3, 0.4) is 0 Å². The molecule has 2 aromatic carbocycles. The second-order valence-electron chi connectivity index (χ2n) is 9.13. The van der Waals surface area contributed by atoms with Gasteiger partial charge in [-0.2, -0.15) is 0 Å². The minimum absolute atomic E-state index is 0. The standard InChI is InChI=1S/C26H29BN2O6S.CH4/c30-26(29-25(27(31)32)17-20-6-7-20)21(16-19-4-2-1-3-5-19)18-36(33,34)24-10-8-22(9-11-24)35-23-12-14-28-15-13-23;/h1-5,8-15,20-21,25,31-32H,6-7,16-18H2,(H,29,30);1H4/t21-,25+;/m1./s1. The molecule has 0 bridgehead atoms. The summed E-state index contributed by atoms with van der Waals surface area (Å²) in [6.07, 6.45) is 5.82. The van der Waals surface area contributed by atoms with Gasteiger partial charge in [0, 0.05) is 12.4 Å². The van der Waals surface area contributed by atoms with Crippen molar-refractivity contribution in [3.63, 3.8) is 0 Å². The fourth-order valence-corrected chi connectivity index (χ4v) is 5.55. The Morgan fingerprint density at radius 3 is 2.22 bits per heavy atom. The van der Waals surface area contributed by atoms with E-state index in [0.29, 0.717) is 23.8 Å². The van der Waals surface area contributed by atoms with Gasteiger partial charge in [-0.05, 0) is 60.7 Å². The number of benzene rings is 2. The zero-order valence-electron chi connectivity index (χ0n) is 19.7. The Labute approximate surface area is 218 Å². The van der Waals surface area contributed by atoms with Crippen LogP contribution in [-0.4, -0.2) is 48.2 Å². The van der Waals surface area contributed by atoms with Crippen LogP contribution >= 0.6 is 0 Å². The molecule has 8 nitrogen and oxygen atoms in total. The smallest absolute Gasteiger partial charge is 0.457 e. The predicted octanol–water partition coefficient (Wildman–Crippen LogP) is 3.44. The van der Waals surface area contributed by atoms with Crippen molar-refractivity contribution in [1.29, 1.82) is 0 Å². The SMILES string of the molecule is C.O=C(N[C@@H](CC1CC1)B(O)O)[C@H](Cc1ccccc1)CS(=O)(=O)c1ccc(Oc2ccncc2)cc1. The van der Waals surface area contributed by atoms with Crippen molar-refractivity contribution < 1.29 is 28.0 Å². The molecule has 3 aromatic rings. The highest BCUT2D eigenvalue weighted by molar-refractivity contribution is 7.91. The predicted molar refractivity (Wildman–Crippen MR) is 143 cm³/mol.